The average molecular weight is 376 g/mol. The minimum Gasteiger partial charge on any atom is -0.316 e. The van der Waals surface area contributed by atoms with Gasteiger partial charge in [0.25, 0.3) is 11.5 Å². The molecule has 6 nitrogen and oxygen atoms in total. The molecule has 1 amide bonds. The molecule has 0 radical (unpaired) electrons. The Kier molecular flexibility index (Phi) is 4.27. The number of benzene rings is 2. The normalized spacial score (nSPS) is 11.0. The molecule has 2 aromatic carbocycles. The second kappa shape index (κ2) is 6.77. The van der Waals surface area contributed by atoms with Crippen LogP contribution in [0.25, 0.3) is 16.6 Å². The quantitative estimate of drug-likeness (QED) is 0.596. The van der Waals surface area contributed by atoms with Gasteiger partial charge < -0.3 is 5.32 Å². The highest BCUT2D eigenvalue weighted by Gasteiger charge is 2.20. The van der Waals surface area contributed by atoms with Gasteiger partial charge in [-0.15, -0.1) is 0 Å². The summed E-state index contributed by atoms with van der Waals surface area (Å²) in [6.45, 7) is 1.73. The van der Waals surface area contributed by atoms with Gasteiger partial charge >= 0.3 is 0 Å². The molecule has 7 heteroatoms. The van der Waals surface area contributed by atoms with Crippen molar-refractivity contribution < 1.29 is 9.18 Å². The topological polar surface area (TPSA) is 68.9 Å². The molecule has 0 atom stereocenters. The summed E-state index contributed by atoms with van der Waals surface area (Å²) in [7, 11) is 1.73. The molecule has 0 aliphatic rings. The van der Waals surface area contributed by atoms with E-state index in [1.165, 1.54) is 16.9 Å². The van der Waals surface area contributed by atoms with Gasteiger partial charge in [-0.3, -0.25) is 19.3 Å². The van der Waals surface area contributed by atoms with Crippen LogP contribution in [-0.4, -0.2) is 20.3 Å². The number of fused-ring (bicyclic) bond motifs is 1. The summed E-state index contributed by atoms with van der Waals surface area (Å²) in [5.74, 6) is -1.13. The van der Waals surface area contributed by atoms with Gasteiger partial charge in [0, 0.05) is 18.6 Å². The van der Waals surface area contributed by atoms with E-state index in [0.29, 0.717) is 22.3 Å². The van der Waals surface area contributed by atoms with E-state index in [2.05, 4.69) is 10.3 Å². The fraction of sp³-hybridized carbons (Fsp3) is 0.0952. The molecule has 0 saturated heterocycles. The zero-order valence-electron chi connectivity index (χ0n) is 15.3. The van der Waals surface area contributed by atoms with E-state index >= 15 is 0 Å². The second-order valence-electron chi connectivity index (χ2n) is 6.42. The van der Waals surface area contributed by atoms with Gasteiger partial charge in [-0.25, -0.2) is 9.07 Å². The van der Waals surface area contributed by atoms with Gasteiger partial charge in [-0.1, -0.05) is 24.3 Å². The molecule has 0 spiro atoms. The molecule has 0 unspecified atom stereocenters. The third-order valence-corrected chi connectivity index (χ3v) is 4.71. The summed E-state index contributed by atoms with van der Waals surface area (Å²) in [5, 5.41) is 3.16. The minimum atomic E-state index is -0.589. The highest BCUT2D eigenvalue weighted by atomic mass is 19.1. The van der Waals surface area contributed by atoms with E-state index in [1.54, 1.807) is 42.9 Å². The SMILES string of the molecule is Cc1c(NC(=O)c2cc(F)cc3cccnc23)c(=O)n(-c2ccccc2)n1C. The lowest BCUT2D eigenvalue weighted by Crippen LogP contribution is -2.23. The molecule has 28 heavy (non-hydrogen) atoms. The number of pyridine rings is 1. The number of halogens is 1. The number of hydrogen-bond acceptors (Lipinski definition) is 3. The lowest BCUT2D eigenvalue weighted by atomic mass is 10.1. The van der Waals surface area contributed by atoms with Gasteiger partial charge in [0.05, 0.1) is 22.5 Å². The fourth-order valence-corrected chi connectivity index (χ4v) is 3.22. The van der Waals surface area contributed by atoms with Crippen molar-refractivity contribution in [2.75, 3.05) is 5.32 Å². The van der Waals surface area contributed by atoms with Crippen LogP contribution >= 0.6 is 0 Å². The predicted molar refractivity (Wildman–Crippen MR) is 105 cm³/mol. The van der Waals surface area contributed by atoms with Crippen LogP contribution in [0.5, 0.6) is 0 Å². The highest BCUT2D eigenvalue weighted by molar-refractivity contribution is 6.12. The average Bonchev–Trinajstić information content (AvgIpc) is 2.91. The molecule has 140 valence electrons. The largest absolute Gasteiger partial charge is 0.316 e. The molecule has 0 bridgehead atoms. The summed E-state index contributed by atoms with van der Waals surface area (Å²) in [5.41, 5.74) is 1.48. The number of nitrogens with zero attached hydrogens (tertiary/aromatic N) is 3. The lowest BCUT2D eigenvalue weighted by Gasteiger charge is -2.07. The molecule has 0 saturated carbocycles. The standard InChI is InChI=1S/C21H17FN4O2/c1-13-18(21(28)26(25(13)2)16-8-4-3-5-9-16)24-20(27)17-12-15(22)11-14-7-6-10-23-19(14)17/h3-12H,1-2H3,(H,24,27). The number of carbonyl (C=O) groups excluding carboxylic acids is 1. The van der Waals surface area contributed by atoms with Gasteiger partial charge in [-0.2, -0.15) is 0 Å². The molecular formula is C21H17FN4O2. The molecule has 4 aromatic rings. The van der Waals surface area contributed by atoms with Crippen molar-refractivity contribution in [3.05, 3.63) is 88.2 Å². The van der Waals surface area contributed by atoms with Crippen LogP contribution < -0.4 is 10.9 Å². The summed E-state index contributed by atoms with van der Waals surface area (Å²) in [6.07, 6.45) is 1.53. The van der Waals surface area contributed by atoms with E-state index < -0.39 is 11.7 Å². The molecule has 0 aliphatic heterocycles. The van der Waals surface area contributed by atoms with Crippen molar-refractivity contribution in [1.82, 2.24) is 14.3 Å². The van der Waals surface area contributed by atoms with Crippen LogP contribution in [0.2, 0.25) is 0 Å². The number of aromatic nitrogens is 3. The highest BCUT2D eigenvalue weighted by Crippen LogP contribution is 2.21. The van der Waals surface area contributed by atoms with Crippen molar-refractivity contribution in [3.63, 3.8) is 0 Å². The van der Waals surface area contributed by atoms with Crippen LogP contribution in [0.15, 0.2) is 65.6 Å². The Morgan fingerprint density at radius 1 is 1.11 bits per heavy atom. The van der Waals surface area contributed by atoms with Gasteiger partial charge in [0.15, 0.2) is 0 Å². The summed E-state index contributed by atoms with van der Waals surface area (Å²) in [4.78, 5) is 30.0. The Morgan fingerprint density at radius 3 is 2.61 bits per heavy atom. The Morgan fingerprint density at radius 2 is 1.86 bits per heavy atom. The van der Waals surface area contributed by atoms with E-state index in [1.807, 2.05) is 18.2 Å². The van der Waals surface area contributed by atoms with Crippen molar-refractivity contribution >= 4 is 22.5 Å². The molecule has 4 rings (SSSR count). The predicted octanol–water partition coefficient (Wildman–Crippen LogP) is 3.42. The van der Waals surface area contributed by atoms with Crippen LogP contribution in [0.4, 0.5) is 10.1 Å². The number of rotatable bonds is 3. The third kappa shape index (κ3) is 2.87. The van der Waals surface area contributed by atoms with E-state index in [4.69, 9.17) is 0 Å². The van der Waals surface area contributed by atoms with Gasteiger partial charge in [-0.05, 0) is 37.3 Å². The summed E-state index contributed by atoms with van der Waals surface area (Å²) in [6, 6.07) is 14.9. The number of para-hydroxylation sites is 1. The first-order valence-corrected chi connectivity index (χ1v) is 8.67. The maximum atomic E-state index is 14.0. The van der Waals surface area contributed by atoms with E-state index in [0.717, 1.165) is 6.07 Å². The first-order valence-electron chi connectivity index (χ1n) is 8.67. The number of carbonyl (C=O) groups is 1. The van der Waals surface area contributed by atoms with Crippen LogP contribution in [0.3, 0.4) is 0 Å². The Hall–Kier alpha value is -3.74. The maximum absolute atomic E-state index is 14.0. The Balaban J connectivity index is 1.79. The third-order valence-electron chi connectivity index (χ3n) is 4.71. The van der Waals surface area contributed by atoms with Crippen molar-refractivity contribution in [2.45, 2.75) is 6.92 Å². The first-order chi connectivity index (χ1) is 13.5. The fourth-order valence-electron chi connectivity index (χ4n) is 3.22. The Labute approximate surface area is 159 Å². The molecule has 0 fully saturated rings. The number of hydrogen-bond donors (Lipinski definition) is 1. The molecular weight excluding hydrogens is 359 g/mol. The Bertz CT molecular complexity index is 1260. The number of amides is 1. The van der Waals surface area contributed by atoms with E-state index in [-0.39, 0.29) is 16.8 Å². The van der Waals surface area contributed by atoms with Crippen molar-refractivity contribution in [3.8, 4) is 5.69 Å². The lowest BCUT2D eigenvalue weighted by molar-refractivity contribution is 0.102. The maximum Gasteiger partial charge on any atom is 0.295 e. The molecule has 1 N–H and O–H groups in total. The van der Waals surface area contributed by atoms with Crippen molar-refractivity contribution in [2.24, 2.45) is 7.05 Å². The second-order valence-corrected chi connectivity index (χ2v) is 6.42. The number of nitrogens with one attached hydrogen (secondary N) is 1. The summed E-state index contributed by atoms with van der Waals surface area (Å²) < 4.78 is 17.1. The van der Waals surface area contributed by atoms with Gasteiger partial charge in [0.2, 0.25) is 0 Å². The minimum absolute atomic E-state index is 0.0736. The van der Waals surface area contributed by atoms with Crippen LogP contribution in [-0.2, 0) is 7.05 Å². The zero-order valence-corrected chi connectivity index (χ0v) is 15.3. The molecule has 2 aromatic heterocycles. The van der Waals surface area contributed by atoms with E-state index in [9.17, 15) is 14.0 Å². The zero-order chi connectivity index (χ0) is 19.8. The van der Waals surface area contributed by atoms with Crippen molar-refractivity contribution in [1.29, 1.82) is 0 Å². The van der Waals surface area contributed by atoms with Crippen LogP contribution in [0.1, 0.15) is 16.1 Å². The van der Waals surface area contributed by atoms with Crippen LogP contribution in [0, 0.1) is 12.7 Å². The first kappa shape index (κ1) is 17.7. The smallest absolute Gasteiger partial charge is 0.295 e. The monoisotopic (exact) mass is 376 g/mol. The molecule has 0 aliphatic carbocycles. The van der Waals surface area contributed by atoms with Gasteiger partial charge in [0.1, 0.15) is 11.5 Å². The number of anilines is 1. The summed E-state index contributed by atoms with van der Waals surface area (Å²) >= 11 is 0. The molecule has 2 heterocycles.